The molecule has 1 unspecified atom stereocenters. The van der Waals surface area contributed by atoms with E-state index in [0.717, 1.165) is 35.6 Å². The monoisotopic (exact) mass is 349 g/mol. The molecule has 1 saturated heterocycles. The van der Waals surface area contributed by atoms with Crippen LogP contribution in [0.4, 0.5) is 0 Å². The van der Waals surface area contributed by atoms with Crippen molar-refractivity contribution >= 4 is 17.0 Å². The largest absolute Gasteiger partial charge is 0.439 e. The van der Waals surface area contributed by atoms with Gasteiger partial charge in [0, 0.05) is 13.1 Å². The van der Waals surface area contributed by atoms with Gasteiger partial charge in [0.1, 0.15) is 5.52 Å². The van der Waals surface area contributed by atoms with Crippen molar-refractivity contribution in [3.8, 4) is 0 Å². The number of oxazole rings is 1. The van der Waals surface area contributed by atoms with Crippen LogP contribution in [-0.2, 0) is 10.2 Å². The van der Waals surface area contributed by atoms with Gasteiger partial charge in [0.25, 0.3) is 0 Å². The Bertz CT molecular complexity index is 878. The Kier molecular flexibility index (Phi) is 4.24. The first kappa shape index (κ1) is 16.8. The smallest absolute Gasteiger partial charge is 0.228 e. The van der Waals surface area contributed by atoms with E-state index in [1.807, 2.05) is 54.6 Å². The molecule has 1 aliphatic rings. The van der Waals surface area contributed by atoms with Crippen molar-refractivity contribution in [2.24, 2.45) is 5.73 Å². The fourth-order valence-corrected chi connectivity index (χ4v) is 3.95. The first-order valence-electron chi connectivity index (χ1n) is 9.05. The molecule has 0 aliphatic carbocycles. The van der Waals surface area contributed by atoms with Crippen LogP contribution < -0.4 is 5.73 Å². The summed E-state index contributed by atoms with van der Waals surface area (Å²) in [5.41, 5.74) is 7.94. The number of aromatic nitrogens is 1. The second-order valence-electron chi connectivity index (χ2n) is 7.04. The topological polar surface area (TPSA) is 72.4 Å². The summed E-state index contributed by atoms with van der Waals surface area (Å²) < 4.78 is 5.92. The van der Waals surface area contributed by atoms with Crippen molar-refractivity contribution in [3.63, 3.8) is 0 Å². The molecule has 2 aromatic carbocycles. The molecule has 0 radical (unpaired) electrons. The highest BCUT2D eigenvalue weighted by molar-refractivity contribution is 5.87. The van der Waals surface area contributed by atoms with Crippen LogP contribution in [0.25, 0.3) is 11.1 Å². The lowest BCUT2D eigenvalue weighted by atomic mass is 9.72. The highest BCUT2D eigenvalue weighted by atomic mass is 16.3. The minimum absolute atomic E-state index is 0.0593. The summed E-state index contributed by atoms with van der Waals surface area (Å²) in [6.45, 7) is 3.65. The van der Waals surface area contributed by atoms with E-state index in [0.29, 0.717) is 12.8 Å². The minimum atomic E-state index is -0.585. The first-order chi connectivity index (χ1) is 12.6. The number of rotatable bonds is 4. The van der Waals surface area contributed by atoms with Crippen molar-refractivity contribution in [3.05, 3.63) is 66.1 Å². The standard InChI is InChI=1S/C21H23N3O2/c1-15(19-23-17-9-5-6-10-18(17)26-19)24-13-11-21(12-14-24,20(22)25)16-7-3-2-4-8-16/h2-10,15H,11-14H2,1H3,(H2,22,25). The summed E-state index contributed by atoms with van der Waals surface area (Å²) in [5, 5.41) is 0. The van der Waals surface area contributed by atoms with Crippen molar-refractivity contribution in [2.45, 2.75) is 31.2 Å². The maximum absolute atomic E-state index is 12.3. The quantitative estimate of drug-likeness (QED) is 0.783. The maximum atomic E-state index is 12.3. The molecule has 3 aromatic rings. The number of primary amides is 1. The number of amides is 1. The van der Waals surface area contributed by atoms with Crippen LogP contribution in [0.3, 0.4) is 0 Å². The number of piperidine rings is 1. The summed E-state index contributed by atoms with van der Waals surface area (Å²) in [6.07, 6.45) is 1.41. The van der Waals surface area contributed by atoms with Gasteiger partial charge in [-0.25, -0.2) is 4.98 Å². The molecule has 1 amide bonds. The van der Waals surface area contributed by atoms with E-state index in [2.05, 4.69) is 16.8 Å². The number of nitrogens with zero attached hydrogens (tertiary/aromatic N) is 2. The molecule has 1 atom stereocenters. The number of hydrogen-bond acceptors (Lipinski definition) is 4. The van der Waals surface area contributed by atoms with E-state index in [4.69, 9.17) is 10.2 Å². The van der Waals surface area contributed by atoms with Crippen LogP contribution in [0.1, 0.15) is 37.3 Å². The molecule has 134 valence electrons. The van der Waals surface area contributed by atoms with E-state index in [1.165, 1.54) is 0 Å². The van der Waals surface area contributed by atoms with Gasteiger partial charge in [0.2, 0.25) is 11.8 Å². The van der Waals surface area contributed by atoms with Crippen molar-refractivity contribution in [1.82, 2.24) is 9.88 Å². The predicted octanol–water partition coefficient (Wildman–Crippen LogP) is 3.41. The maximum Gasteiger partial charge on any atom is 0.228 e. The van der Waals surface area contributed by atoms with Crippen molar-refractivity contribution < 1.29 is 9.21 Å². The average Bonchev–Trinajstić information content (AvgIpc) is 3.12. The molecule has 0 spiro atoms. The molecule has 0 saturated carbocycles. The van der Waals surface area contributed by atoms with Crippen molar-refractivity contribution in [1.29, 1.82) is 0 Å². The van der Waals surface area contributed by atoms with Crippen LogP contribution >= 0.6 is 0 Å². The molecule has 5 heteroatoms. The summed E-state index contributed by atoms with van der Waals surface area (Å²) in [5.74, 6) is 0.482. The van der Waals surface area contributed by atoms with Crippen LogP contribution in [0.15, 0.2) is 59.0 Å². The fourth-order valence-electron chi connectivity index (χ4n) is 3.95. The van der Waals surface area contributed by atoms with Gasteiger partial charge >= 0.3 is 0 Å². The molecule has 1 fully saturated rings. The first-order valence-corrected chi connectivity index (χ1v) is 9.05. The summed E-state index contributed by atoms with van der Waals surface area (Å²) in [6, 6.07) is 17.8. The molecule has 2 N–H and O–H groups in total. The molecule has 1 aliphatic heterocycles. The molecule has 26 heavy (non-hydrogen) atoms. The minimum Gasteiger partial charge on any atom is -0.439 e. The van der Waals surface area contributed by atoms with Gasteiger partial charge in [0.05, 0.1) is 11.5 Å². The van der Waals surface area contributed by atoms with Crippen molar-refractivity contribution in [2.75, 3.05) is 13.1 Å². The van der Waals surface area contributed by atoms with E-state index >= 15 is 0 Å². The predicted molar refractivity (Wildman–Crippen MR) is 101 cm³/mol. The van der Waals surface area contributed by atoms with Crippen LogP contribution in [-0.4, -0.2) is 28.9 Å². The lowest BCUT2D eigenvalue weighted by molar-refractivity contribution is -0.125. The molecular weight excluding hydrogens is 326 g/mol. The van der Waals surface area contributed by atoms with Gasteiger partial charge in [-0.05, 0) is 37.5 Å². The fraction of sp³-hybridized carbons (Fsp3) is 0.333. The molecule has 5 nitrogen and oxygen atoms in total. The Morgan fingerprint density at radius 3 is 2.42 bits per heavy atom. The summed E-state index contributed by atoms with van der Waals surface area (Å²) in [4.78, 5) is 19.2. The highest BCUT2D eigenvalue weighted by Gasteiger charge is 2.42. The third-order valence-electron chi connectivity index (χ3n) is 5.67. The molecule has 1 aromatic heterocycles. The Hall–Kier alpha value is -2.66. The van der Waals surface area contributed by atoms with E-state index in [-0.39, 0.29) is 11.9 Å². The van der Waals surface area contributed by atoms with Crippen LogP contribution in [0, 0.1) is 0 Å². The van der Waals surface area contributed by atoms with E-state index in [9.17, 15) is 4.79 Å². The Balaban J connectivity index is 1.54. The van der Waals surface area contributed by atoms with E-state index < -0.39 is 5.41 Å². The van der Waals surface area contributed by atoms with Crippen LogP contribution in [0.5, 0.6) is 0 Å². The molecule has 2 heterocycles. The third kappa shape index (κ3) is 2.78. The lowest BCUT2D eigenvalue weighted by Crippen LogP contribution is -2.50. The number of nitrogens with two attached hydrogens (primary N) is 1. The Morgan fingerprint density at radius 2 is 1.77 bits per heavy atom. The zero-order chi connectivity index (χ0) is 18.1. The number of benzene rings is 2. The second-order valence-corrected chi connectivity index (χ2v) is 7.04. The molecule has 4 rings (SSSR count). The number of fused-ring (bicyclic) bond motifs is 1. The summed E-state index contributed by atoms with van der Waals surface area (Å²) in [7, 11) is 0. The SMILES string of the molecule is CC(c1nc2ccccc2o1)N1CCC(C(N)=O)(c2ccccc2)CC1. The highest BCUT2D eigenvalue weighted by Crippen LogP contribution is 2.38. The zero-order valence-corrected chi connectivity index (χ0v) is 14.9. The number of para-hydroxylation sites is 2. The molecule has 0 bridgehead atoms. The second kappa shape index (κ2) is 6.57. The van der Waals surface area contributed by atoms with Gasteiger partial charge in [-0.15, -0.1) is 0 Å². The Morgan fingerprint density at radius 1 is 1.12 bits per heavy atom. The van der Waals surface area contributed by atoms with Gasteiger partial charge in [-0.1, -0.05) is 42.5 Å². The third-order valence-corrected chi connectivity index (χ3v) is 5.67. The lowest BCUT2D eigenvalue weighted by Gasteiger charge is -2.41. The van der Waals surface area contributed by atoms with E-state index in [1.54, 1.807) is 0 Å². The van der Waals surface area contributed by atoms with Gasteiger partial charge in [0.15, 0.2) is 5.58 Å². The number of carbonyl (C=O) groups excluding carboxylic acids is 1. The van der Waals surface area contributed by atoms with Crippen LogP contribution in [0.2, 0.25) is 0 Å². The zero-order valence-electron chi connectivity index (χ0n) is 14.9. The number of carbonyl (C=O) groups is 1. The number of likely N-dealkylation sites (tertiary alicyclic amines) is 1. The van der Waals surface area contributed by atoms with Gasteiger partial charge in [-0.2, -0.15) is 0 Å². The normalized spacial score (nSPS) is 18.7. The van der Waals surface area contributed by atoms with Gasteiger partial charge in [-0.3, -0.25) is 9.69 Å². The average molecular weight is 349 g/mol. The molecular formula is C21H23N3O2. The Labute approximate surface area is 152 Å². The number of hydrogen-bond donors (Lipinski definition) is 1. The summed E-state index contributed by atoms with van der Waals surface area (Å²) >= 11 is 0. The van der Waals surface area contributed by atoms with Gasteiger partial charge < -0.3 is 10.2 Å².